The summed E-state index contributed by atoms with van der Waals surface area (Å²) in [6.07, 6.45) is 2.55. The summed E-state index contributed by atoms with van der Waals surface area (Å²) in [6, 6.07) is 1.91. The highest BCUT2D eigenvalue weighted by Crippen LogP contribution is 2.24. The molecule has 0 amide bonds. The van der Waals surface area contributed by atoms with E-state index in [4.69, 9.17) is 4.12 Å². The van der Waals surface area contributed by atoms with Gasteiger partial charge >= 0.3 is 11.9 Å². The van der Waals surface area contributed by atoms with Crippen LogP contribution in [-0.4, -0.2) is 42.8 Å². The molecular weight excluding hydrogens is 304 g/mol. The first kappa shape index (κ1) is 20.3. The van der Waals surface area contributed by atoms with Crippen LogP contribution in [0.3, 0.4) is 0 Å². The van der Waals surface area contributed by atoms with Gasteiger partial charge < -0.3 is 13.6 Å². The molecule has 0 bridgehead atoms. The van der Waals surface area contributed by atoms with Gasteiger partial charge in [0.05, 0.1) is 14.2 Å². The van der Waals surface area contributed by atoms with Gasteiger partial charge in [-0.15, -0.1) is 0 Å². The Morgan fingerprint density at radius 1 is 0.762 bits per heavy atom. The molecule has 0 aromatic carbocycles. The predicted octanol–water partition coefficient (Wildman–Crippen LogP) is 3.32. The van der Waals surface area contributed by atoms with Gasteiger partial charge in [-0.2, -0.15) is 0 Å². The SMILES string of the molecule is COC(=O)CCC[Si](C)(C)O[Si](C)(C)CCCC(=O)OC. The maximum absolute atomic E-state index is 11.1. The highest BCUT2D eigenvalue weighted by atomic mass is 28.4. The molecule has 0 aliphatic rings. The molecule has 0 aromatic heterocycles. The molecular formula is C14H30O5Si2. The monoisotopic (exact) mass is 334 g/mol. The van der Waals surface area contributed by atoms with E-state index >= 15 is 0 Å². The first-order valence-corrected chi connectivity index (χ1v) is 13.7. The molecule has 0 heterocycles. The molecule has 0 aromatic rings. The molecule has 0 spiro atoms. The van der Waals surface area contributed by atoms with Gasteiger partial charge in [0.25, 0.3) is 0 Å². The van der Waals surface area contributed by atoms with Crippen LogP contribution in [0.1, 0.15) is 25.7 Å². The summed E-state index contributed by atoms with van der Waals surface area (Å²) in [4.78, 5) is 22.3. The van der Waals surface area contributed by atoms with Gasteiger partial charge in [-0.1, -0.05) is 0 Å². The van der Waals surface area contributed by atoms with Crippen molar-refractivity contribution < 1.29 is 23.2 Å². The van der Waals surface area contributed by atoms with E-state index in [2.05, 4.69) is 35.7 Å². The Labute approximate surface area is 130 Å². The zero-order valence-electron chi connectivity index (χ0n) is 14.3. The van der Waals surface area contributed by atoms with Crippen molar-refractivity contribution in [1.29, 1.82) is 0 Å². The Bertz CT molecular complexity index is 310. The first-order valence-electron chi connectivity index (χ1n) is 7.46. The van der Waals surface area contributed by atoms with Crippen LogP contribution in [0.25, 0.3) is 0 Å². The molecule has 0 atom stereocenters. The Kier molecular flexibility index (Phi) is 9.07. The molecule has 7 heteroatoms. The predicted molar refractivity (Wildman–Crippen MR) is 88.2 cm³/mol. The van der Waals surface area contributed by atoms with Crippen LogP contribution >= 0.6 is 0 Å². The molecule has 0 aliphatic carbocycles. The average molecular weight is 335 g/mol. The van der Waals surface area contributed by atoms with Crippen LogP contribution in [0.5, 0.6) is 0 Å². The summed E-state index contributed by atoms with van der Waals surface area (Å²) in [7, 11) is -0.701. The number of ether oxygens (including phenoxy) is 2. The van der Waals surface area contributed by atoms with Gasteiger partial charge in [-0.3, -0.25) is 9.59 Å². The van der Waals surface area contributed by atoms with Crippen LogP contribution < -0.4 is 0 Å². The minimum atomic E-state index is -1.77. The molecule has 5 nitrogen and oxygen atoms in total. The highest BCUT2D eigenvalue weighted by molar-refractivity contribution is 6.84. The maximum Gasteiger partial charge on any atom is 0.305 e. The lowest BCUT2D eigenvalue weighted by molar-refractivity contribution is -0.141. The van der Waals surface area contributed by atoms with E-state index in [9.17, 15) is 9.59 Å². The van der Waals surface area contributed by atoms with E-state index in [0.717, 1.165) is 24.9 Å². The van der Waals surface area contributed by atoms with Crippen LogP contribution in [0, 0.1) is 0 Å². The van der Waals surface area contributed by atoms with Crippen molar-refractivity contribution in [1.82, 2.24) is 0 Å². The summed E-state index contributed by atoms with van der Waals surface area (Å²) in [5.74, 6) is -0.316. The van der Waals surface area contributed by atoms with Gasteiger partial charge in [0.15, 0.2) is 16.6 Å². The quantitative estimate of drug-likeness (QED) is 0.453. The van der Waals surface area contributed by atoms with Gasteiger partial charge in [0.1, 0.15) is 0 Å². The highest BCUT2D eigenvalue weighted by Gasteiger charge is 2.32. The van der Waals surface area contributed by atoms with Gasteiger partial charge in [-0.05, 0) is 51.1 Å². The van der Waals surface area contributed by atoms with E-state index in [1.807, 2.05) is 0 Å². The fourth-order valence-corrected chi connectivity index (χ4v) is 11.2. The van der Waals surface area contributed by atoms with Crippen molar-refractivity contribution in [3.05, 3.63) is 0 Å². The normalized spacial score (nSPS) is 12.1. The Morgan fingerprint density at radius 2 is 1.10 bits per heavy atom. The third-order valence-corrected chi connectivity index (χ3v) is 10.9. The number of carbonyl (C=O) groups is 2. The fraction of sp³-hybridized carbons (Fsp3) is 0.857. The van der Waals surface area contributed by atoms with E-state index in [-0.39, 0.29) is 11.9 Å². The lowest BCUT2D eigenvalue weighted by Crippen LogP contribution is -2.44. The number of methoxy groups -OCH3 is 2. The van der Waals surface area contributed by atoms with Crippen LogP contribution in [-0.2, 0) is 23.2 Å². The number of esters is 2. The minimum absolute atomic E-state index is 0.158. The molecule has 0 rings (SSSR count). The molecule has 124 valence electrons. The largest absolute Gasteiger partial charge is 0.469 e. The molecule has 21 heavy (non-hydrogen) atoms. The van der Waals surface area contributed by atoms with Crippen LogP contribution in [0.2, 0.25) is 38.3 Å². The van der Waals surface area contributed by atoms with Crippen molar-refractivity contribution >= 4 is 28.6 Å². The van der Waals surface area contributed by atoms with Gasteiger partial charge in [-0.25, -0.2) is 0 Å². The minimum Gasteiger partial charge on any atom is -0.469 e. The van der Waals surface area contributed by atoms with Crippen molar-refractivity contribution in [2.45, 2.75) is 64.0 Å². The summed E-state index contributed by atoms with van der Waals surface area (Å²) >= 11 is 0. The van der Waals surface area contributed by atoms with Crippen molar-refractivity contribution in [3.8, 4) is 0 Å². The van der Waals surface area contributed by atoms with E-state index < -0.39 is 16.6 Å². The van der Waals surface area contributed by atoms with Crippen LogP contribution in [0.4, 0.5) is 0 Å². The topological polar surface area (TPSA) is 61.8 Å². The van der Waals surface area contributed by atoms with Gasteiger partial charge in [0, 0.05) is 12.8 Å². The first-order chi connectivity index (χ1) is 9.62. The lowest BCUT2D eigenvalue weighted by atomic mass is 10.3. The fourth-order valence-electron chi connectivity index (χ4n) is 2.37. The molecule has 0 unspecified atom stereocenters. The van der Waals surface area contributed by atoms with E-state index in [1.165, 1.54) is 14.2 Å². The number of hydrogen-bond donors (Lipinski definition) is 0. The molecule has 0 radical (unpaired) electrons. The molecule has 0 saturated carbocycles. The van der Waals surface area contributed by atoms with Gasteiger partial charge in [0.2, 0.25) is 0 Å². The molecule has 0 saturated heterocycles. The summed E-state index contributed by atoms with van der Waals surface area (Å²) < 4.78 is 15.7. The Hall–Kier alpha value is -0.666. The van der Waals surface area contributed by atoms with Crippen molar-refractivity contribution in [2.75, 3.05) is 14.2 Å². The molecule has 0 aliphatic heterocycles. The second kappa shape index (κ2) is 9.37. The summed E-state index contributed by atoms with van der Waals surface area (Å²) in [5.41, 5.74) is 0. The number of hydrogen-bond acceptors (Lipinski definition) is 5. The van der Waals surface area contributed by atoms with Crippen molar-refractivity contribution in [3.63, 3.8) is 0 Å². The standard InChI is InChI=1S/C14H30O5Si2/c1-17-13(15)9-7-11-20(3,4)19-21(5,6)12-8-10-14(16)18-2/h7-12H2,1-6H3. The average Bonchev–Trinajstić information content (AvgIpc) is 2.36. The zero-order valence-corrected chi connectivity index (χ0v) is 16.3. The summed E-state index contributed by atoms with van der Waals surface area (Å²) in [6.45, 7) is 8.78. The molecule has 0 fully saturated rings. The Balaban J connectivity index is 4.14. The third-order valence-electron chi connectivity index (χ3n) is 3.33. The smallest absolute Gasteiger partial charge is 0.305 e. The number of rotatable bonds is 10. The van der Waals surface area contributed by atoms with E-state index in [1.54, 1.807) is 0 Å². The molecule has 0 N–H and O–H groups in total. The zero-order chi connectivity index (χ0) is 16.5. The van der Waals surface area contributed by atoms with Crippen molar-refractivity contribution in [2.24, 2.45) is 0 Å². The Morgan fingerprint density at radius 3 is 1.38 bits per heavy atom. The lowest BCUT2D eigenvalue weighted by Gasteiger charge is -2.34. The maximum atomic E-state index is 11.1. The third kappa shape index (κ3) is 10.7. The van der Waals surface area contributed by atoms with E-state index in [0.29, 0.717) is 12.8 Å². The second-order valence-electron chi connectivity index (χ2n) is 6.48. The summed E-state index contributed by atoms with van der Waals surface area (Å²) in [5, 5.41) is 0. The second-order valence-corrected chi connectivity index (χ2v) is 15.3. The van der Waals surface area contributed by atoms with Crippen LogP contribution in [0.15, 0.2) is 0 Å². The number of carbonyl (C=O) groups excluding carboxylic acids is 2.